The van der Waals surface area contributed by atoms with E-state index >= 15 is 0 Å². The Hall–Kier alpha value is -3.35. The molecule has 1 aromatic carbocycles. The number of methoxy groups -OCH3 is 1. The molecule has 3 rings (SSSR count). The van der Waals surface area contributed by atoms with E-state index in [9.17, 15) is 0 Å². The lowest BCUT2D eigenvalue weighted by molar-refractivity contribution is 0.385. The highest BCUT2D eigenvalue weighted by molar-refractivity contribution is 5.74. The standard InChI is InChI=1S/C22H28N6O/c1-29-19-9-7-17(8-10-19)20(21-6-2-3-12-26-21)11-14-28(22(23)24)13-4-5-18-15-25-16-27-18/h2-3,6-10,12,15-16,20H,4-5,11,13-14H2,1H3,(H3,23,24)(H,25,27). The van der Waals surface area contributed by atoms with Crippen molar-refractivity contribution in [2.75, 3.05) is 20.2 Å². The fourth-order valence-corrected chi connectivity index (χ4v) is 3.42. The van der Waals surface area contributed by atoms with E-state index in [0.717, 1.165) is 42.9 Å². The van der Waals surface area contributed by atoms with Gasteiger partial charge in [-0.05, 0) is 49.1 Å². The first-order chi connectivity index (χ1) is 14.2. The molecule has 152 valence electrons. The number of hydrogen-bond donors (Lipinski definition) is 3. The van der Waals surface area contributed by atoms with Gasteiger partial charge in [0, 0.05) is 37.1 Å². The summed E-state index contributed by atoms with van der Waals surface area (Å²) < 4.78 is 5.28. The Morgan fingerprint density at radius 1 is 1.17 bits per heavy atom. The molecular formula is C22H28N6O. The molecule has 0 aliphatic heterocycles. The van der Waals surface area contributed by atoms with Crippen molar-refractivity contribution in [1.82, 2.24) is 19.9 Å². The van der Waals surface area contributed by atoms with E-state index in [1.807, 2.05) is 47.6 Å². The average molecular weight is 393 g/mol. The summed E-state index contributed by atoms with van der Waals surface area (Å²) in [6.45, 7) is 1.41. The topological polar surface area (TPSA) is 104 Å². The van der Waals surface area contributed by atoms with Gasteiger partial charge in [-0.1, -0.05) is 18.2 Å². The highest BCUT2D eigenvalue weighted by atomic mass is 16.5. The zero-order valence-corrected chi connectivity index (χ0v) is 16.7. The van der Waals surface area contributed by atoms with Crippen LogP contribution in [0.5, 0.6) is 5.75 Å². The van der Waals surface area contributed by atoms with Crippen LogP contribution >= 0.6 is 0 Å². The number of rotatable bonds is 10. The summed E-state index contributed by atoms with van der Waals surface area (Å²) in [6, 6.07) is 14.1. The monoisotopic (exact) mass is 392 g/mol. The van der Waals surface area contributed by atoms with E-state index in [4.69, 9.17) is 15.9 Å². The van der Waals surface area contributed by atoms with E-state index in [-0.39, 0.29) is 11.9 Å². The molecule has 7 nitrogen and oxygen atoms in total. The Morgan fingerprint density at radius 2 is 2.00 bits per heavy atom. The summed E-state index contributed by atoms with van der Waals surface area (Å²) >= 11 is 0. The van der Waals surface area contributed by atoms with Gasteiger partial charge in [0.1, 0.15) is 5.75 Å². The van der Waals surface area contributed by atoms with Gasteiger partial charge >= 0.3 is 0 Å². The Bertz CT molecular complexity index is 864. The normalized spacial score (nSPS) is 11.8. The summed E-state index contributed by atoms with van der Waals surface area (Å²) in [6.07, 6.45) is 7.96. The van der Waals surface area contributed by atoms with Crippen LogP contribution in [0.25, 0.3) is 0 Å². The second-order valence-corrected chi connectivity index (χ2v) is 6.91. The zero-order chi connectivity index (χ0) is 20.5. The molecular weight excluding hydrogens is 364 g/mol. The van der Waals surface area contributed by atoms with Crippen molar-refractivity contribution in [3.05, 3.63) is 78.1 Å². The van der Waals surface area contributed by atoms with Crippen LogP contribution in [0.3, 0.4) is 0 Å². The van der Waals surface area contributed by atoms with E-state index in [1.165, 1.54) is 5.56 Å². The summed E-state index contributed by atoms with van der Waals surface area (Å²) in [5.41, 5.74) is 9.06. The first-order valence-corrected chi connectivity index (χ1v) is 9.79. The van der Waals surface area contributed by atoms with Crippen LogP contribution in [0.1, 0.15) is 35.7 Å². The van der Waals surface area contributed by atoms with Gasteiger partial charge in [-0.3, -0.25) is 10.4 Å². The molecule has 0 radical (unpaired) electrons. The van der Waals surface area contributed by atoms with Gasteiger partial charge < -0.3 is 20.4 Å². The van der Waals surface area contributed by atoms with Crippen molar-refractivity contribution in [3.63, 3.8) is 0 Å². The maximum absolute atomic E-state index is 7.96. The number of guanidine groups is 1. The average Bonchev–Trinajstić information content (AvgIpc) is 3.27. The fourth-order valence-electron chi connectivity index (χ4n) is 3.42. The molecule has 3 aromatic rings. The number of aromatic nitrogens is 3. The zero-order valence-electron chi connectivity index (χ0n) is 16.7. The summed E-state index contributed by atoms with van der Waals surface area (Å²) in [5, 5.41) is 7.96. The van der Waals surface area contributed by atoms with Crippen molar-refractivity contribution >= 4 is 5.96 Å². The number of benzene rings is 1. The van der Waals surface area contributed by atoms with Crippen LogP contribution in [0.15, 0.2) is 61.2 Å². The fraction of sp³-hybridized carbons (Fsp3) is 0.318. The largest absolute Gasteiger partial charge is 0.497 e. The van der Waals surface area contributed by atoms with Crippen molar-refractivity contribution in [3.8, 4) is 5.75 Å². The van der Waals surface area contributed by atoms with Gasteiger partial charge in [-0.15, -0.1) is 0 Å². The number of H-pyrrole nitrogens is 1. The molecule has 1 unspecified atom stereocenters. The van der Waals surface area contributed by atoms with E-state index in [0.29, 0.717) is 6.54 Å². The third-order valence-corrected chi connectivity index (χ3v) is 5.01. The second-order valence-electron chi connectivity index (χ2n) is 6.91. The summed E-state index contributed by atoms with van der Waals surface area (Å²) in [4.78, 5) is 13.7. The molecule has 0 bridgehead atoms. The SMILES string of the molecule is COc1ccc(C(CCN(CCCc2c[nH]cn2)C(=N)N)c2ccccn2)cc1. The number of ether oxygens (including phenoxy) is 1. The molecule has 0 aliphatic rings. The molecule has 29 heavy (non-hydrogen) atoms. The second kappa shape index (κ2) is 10.3. The maximum atomic E-state index is 7.96. The van der Waals surface area contributed by atoms with Crippen molar-refractivity contribution in [2.45, 2.75) is 25.2 Å². The molecule has 7 heteroatoms. The van der Waals surface area contributed by atoms with E-state index < -0.39 is 0 Å². The van der Waals surface area contributed by atoms with Crippen molar-refractivity contribution in [2.24, 2.45) is 5.73 Å². The Kier molecular flexibility index (Phi) is 7.22. The number of pyridine rings is 1. The van der Waals surface area contributed by atoms with Crippen LogP contribution in [-0.4, -0.2) is 46.0 Å². The number of hydrogen-bond acceptors (Lipinski definition) is 4. The van der Waals surface area contributed by atoms with Crippen LogP contribution in [0.4, 0.5) is 0 Å². The Morgan fingerprint density at radius 3 is 2.62 bits per heavy atom. The number of aromatic amines is 1. The number of aryl methyl sites for hydroxylation is 1. The smallest absolute Gasteiger partial charge is 0.188 e. The molecule has 2 aromatic heterocycles. The molecule has 2 heterocycles. The highest BCUT2D eigenvalue weighted by Gasteiger charge is 2.18. The molecule has 0 fully saturated rings. The van der Waals surface area contributed by atoms with Crippen LogP contribution in [0.2, 0.25) is 0 Å². The minimum atomic E-state index is 0.0986. The number of nitrogens with zero attached hydrogens (tertiary/aromatic N) is 3. The molecule has 0 amide bonds. The van der Waals surface area contributed by atoms with Crippen molar-refractivity contribution in [1.29, 1.82) is 5.41 Å². The highest BCUT2D eigenvalue weighted by Crippen LogP contribution is 2.28. The first-order valence-electron chi connectivity index (χ1n) is 9.79. The molecule has 1 atom stereocenters. The first kappa shape index (κ1) is 20.4. The van der Waals surface area contributed by atoms with Gasteiger partial charge in [0.05, 0.1) is 19.1 Å². The van der Waals surface area contributed by atoms with Gasteiger partial charge in [-0.25, -0.2) is 4.98 Å². The number of nitrogens with two attached hydrogens (primary N) is 1. The van der Waals surface area contributed by atoms with Crippen LogP contribution < -0.4 is 10.5 Å². The third kappa shape index (κ3) is 5.81. The predicted octanol–water partition coefficient (Wildman–Crippen LogP) is 3.16. The summed E-state index contributed by atoms with van der Waals surface area (Å²) in [7, 11) is 1.67. The summed E-state index contributed by atoms with van der Waals surface area (Å²) in [5.74, 6) is 1.05. The van der Waals surface area contributed by atoms with Gasteiger partial charge in [0.15, 0.2) is 5.96 Å². The van der Waals surface area contributed by atoms with Gasteiger partial charge in [-0.2, -0.15) is 0 Å². The lowest BCUT2D eigenvalue weighted by Gasteiger charge is -2.25. The lowest BCUT2D eigenvalue weighted by atomic mass is 9.91. The quantitative estimate of drug-likeness (QED) is 0.363. The number of imidazole rings is 1. The van der Waals surface area contributed by atoms with Crippen LogP contribution in [0, 0.1) is 5.41 Å². The molecule has 0 saturated heterocycles. The maximum Gasteiger partial charge on any atom is 0.188 e. The Balaban J connectivity index is 1.67. The number of nitrogens with one attached hydrogen (secondary N) is 2. The van der Waals surface area contributed by atoms with E-state index in [1.54, 1.807) is 13.4 Å². The molecule has 0 aliphatic carbocycles. The van der Waals surface area contributed by atoms with Crippen molar-refractivity contribution < 1.29 is 4.74 Å². The minimum Gasteiger partial charge on any atom is -0.497 e. The van der Waals surface area contributed by atoms with Gasteiger partial charge in [0.25, 0.3) is 0 Å². The van der Waals surface area contributed by atoms with Crippen LogP contribution in [-0.2, 0) is 6.42 Å². The molecule has 0 saturated carbocycles. The lowest BCUT2D eigenvalue weighted by Crippen LogP contribution is -2.38. The Labute approximate surface area is 171 Å². The molecule has 0 spiro atoms. The predicted molar refractivity (Wildman–Crippen MR) is 114 cm³/mol. The third-order valence-electron chi connectivity index (χ3n) is 5.01. The van der Waals surface area contributed by atoms with Gasteiger partial charge in [0.2, 0.25) is 0 Å². The van der Waals surface area contributed by atoms with E-state index in [2.05, 4.69) is 27.1 Å². The molecule has 4 N–H and O–H groups in total. The minimum absolute atomic E-state index is 0.0986.